The van der Waals surface area contributed by atoms with E-state index < -0.39 is 4.92 Å². The molecule has 0 N–H and O–H groups in total. The molecule has 0 spiro atoms. The van der Waals surface area contributed by atoms with Crippen LogP contribution in [0.4, 0.5) is 10.8 Å². The van der Waals surface area contributed by atoms with Gasteiger partial charge in [0.05, 0.1) is 9.80 Å². The lowest BCUT2D eigenvalue weighted by molar-refractivity contribution is -0.384. The van der Waals surface area contributed by atoms with Gasteiger partial charge in [-0.25, -0.2) is 9.98 Å². The molecule has 0 amide bonds. The second-order valence-electron chi connectivity index (χ2n) is 4.48. The highest BCUT2D eigenvalue weighted by atomic mass is 32.1. The fourth-order valence-corrected chi connectivity index (χ4v) is 2.64. The third kappa shape index (κ3) is 3.24. The van der Waals surface area contributed by atoms with Gasteiger partial charge in [0, 0.05) is 24.5 Å². The molecule has 0 unspecified atom stereocenters. The SMILES string of the molecule is O=[N+]([O-])c1ccc(C=Nc2ncc(-c3ccccc3)s2)cc1. The number of nitro benzene ring substituents is 1. The normalized spacial score (nSPS) is 10.9. The summed E-state index contributed by atoms with van der Waals surface area (Å²) in [6.45, 7) is 0. The Balaban J connectivity index is 1.76. The average molecular weight is 309 g/mol. The first-order valence-corrected chi connectivity index (χ1v) is 7.34. The van der Waals surface area contributed by atoms with Gasteiger partial charge in [0.2, 0.25) is 5.13 Å². The number of non-ortho nitro benzene ring substituents is 1. The first-order valence-electron chi connectivity index (χ1n) is 6.52. The van der Waals surface area contributed by atoms with Gasteiger partial charge in [-0.3, -0.25) is 10.1 Å². The van der Waals surface area contributed by atoms with Crippen molar-refractivity contribution in [1.29, 1.82) is 0 Å². The second kappa shape index (κ2) is 6.28. The first kappa shape index (κ1) is 14.1. The van der Waals surface area contributed by atoms with Gasteiger partial charge in [-0.05, 0) is 23.3 Å². The van der Waals surface area contributed by atoms with Crippen LogP contribution in [0.3, 0.4) is 0 Å². The highest BCUT2D eigenvalue weighted by Crippen LogP contribution is 2.30. The van der Waals surface area contributed by atoms with E-state index in [-0.39, 0.29) is 5.69 Å². The lowest BCUT2D eigenvalue weighted by Crippen LogP contribution is -1.88. The third-order valence-electron chi connectivity index (χ3n) is 2.98. The van der Waals surface area contributed by atoms with E-state index in [4.69, 9.17) is 0 Å². The van der Waals surface area contributed by atoms with Crippen molar-refractivity contribution in [2.24, 2.45) is 4.99 Å². The molecule has 0 aliphatic rings. The van der Waals surface area contributed by atoms with Crippen molar-refractivity contribution in [3.63, 3.8) is 0 Å². The van der Waals surface area contributed by atoms with Crippen LogP contribution in [0.1, 0.15) is 5.56 Å². The Kier molecular flexibility index (Phi) is 4.02. The van der Waals surface area contributed by atoms with E-state index in [1.807, 2.05) is 30.3 Å². The van der Waals surface area contributed by atoms with Crippen molar-refractivity contribution in [3.8, 4) is 10.4 Å². The van der Waals surface area contributed by atoms with Gasteiger partial charge in [0.15, 0.2) is 0 Å². The summed E-state index contributed by atoms with van der Waals surface area (Å²) in [5, 5.41) is 11.2. The van der Waals surface area contributed by atoms with E-state index in [1.165, 1.54) is 23.5 Å². The Hall–Kier alpha value is -2.86. The summed E-state index contributed by atoms with van der Waals surface area (Å²) >= 11 is 1.50. The lowest BCUT2D eigenvalue weighted by atomic mass is 10.2. The van der Waals surface area contributed by atoms with Crippen LogP contribution in [0.2, 0.25) is 0 Å². The Labute approximate surface area is 130 Å². The molecule has 0 aliphatic heterocycles. The minimum absolute atomic E-state index is 0.0674. The van der Waals surface area contributed by atoms with Crippen molar-refractivity contribution >= 4 is 28.4 Å². The van der Waals surface area contributed by atoms with E-state index in [2.05, 4.69) is 9.98 Å². The smallest absolute Gasteiger partial charge is 0.258 e. The van der Waals surface area contributed by atoms with Crippen LogP contribution >= 0.6 is 11.3 Å². The number of benzene rings is 2. The molecule has 1 aromatic heterocycles. The van der Waals surface area contributed by atoms with Gasteiger partial charge in [-0.2, -0.15) is 0 Å². The first-order chi connectivity index (χ1) is 10.7. The molecule has 0 saturated carbocycles. The Morgan fingerprint density at radius 2 is 1.82 bits per heavy atom. The van der Waals surface area contributed by atoms with Gasteiger partial charge < -0.3 is 0 Å². The lowest BCUT2D eigenvalue weighted by Gasteiger charge is -1.93. The largest absolute Gasteiger partial charge is 0.269 e. The zero-order valence-corrected chi connectivity index (χ0v) is 12.2. The highest BCUT2D eigenvalue weighted by molar-refractivity contribution is 7.18. The van der Waals surface area contributed by atoms with E-state index >= 15 is 0 Å². The molecule has 0 atom stereocenters. The fourth-order valence-electron chi connectivity index (χ4n) is 1.87. The van der Waals surface area contributed by atoms with Crippen LogP contribution in [0.5, 0.6) is 0 Å². The van der Waals surface area contributed by atoms with Crippen LogP contribution in [0.25, 0.3) is 10.4 Å². The molecule has 0 bridgehead atoms. The van der Waals surface area contributed by atoms with Gasteiger partial charge in [0.25, 0.3) is 5.69 Å². The number of hydrogen-bond donors (Lipinski definition) is 0. The number of aliphatic imine (C=N–C) groups is 1. The molecular weight excluding hydrogens is 298 g/mol. The molecule has 0 fully saturated rings. The molecule has 108 valence electrons. The number of thiazole rings is 1. The zero-order chi connectivity index (χ0) is 15.4. The number of nitrogens with zero attached hydrogens (tertiary/aromatic N) is 3. The fraction of sp³-hybridized carbons (Fsp3) is 0. The molecule has 0 aliphatic carbocycles. The van der Waals surface area contributed by atoms with Crippen molar-refractivity contribution in [2.75, 3.05) is 0 Å². The predicted molar refractivity (Wildman–Crippen MR) is 87.9 cm³/mol. The summed E-state index contributed by atoms with van der Waals surface area (Å²) in [6, 6.07) is 16.2. The standard InChI is InChI=1S/C16H11N3O2S/c20-19(21)14-8-6-12(7-9-14)10-17-16-18-11-15(22-16)13-4-2-1-3-5-13/h1-11H. The van der Waals surface area contributed by atoms with Crippen molar-refractivity contribution in [1.82, 2.24) is 4.98 Å². The molecule has 6 heteroatoms. The van der Waals surface area contributed by atoms with Gasteiger partial charge in [-0.1, -0.05) is 41.7 Å². The van der Waals surface area contributed by atoms with Gasteiger partial charge in [-0.15, -0.1) is 0 Å². The molecule has 5 nitrogen and oxygen atoms in total. The van der Waals surface area contributed by atoms with Gasteiger partial charge in [0.1, 0.15) is 0 Å². The topological polar surface area (TPSA) is 68.4 Å². The zero-order valence-electron chi connectivity index (χ0n) is 11.4. The summed E-state index contributed by atoms with van der Waals surface area (Å²) in [5.74, 6) is 0. The molecule has 0 saturated heterocycles. The monoisotopic (exact) mass is 309 g/mol. The van der Waals surface area contributed by atoms with Crippen LogP contribution in [-0.2, 0) is 0 Å². The van der Waals surface area contributed by atoms with E-state index in [0.29, 0.717) is 5.13 Å². The number of aromatic nitrogens is 1. The van der Waals surface area contributed by atoms with E-state index in [9.17, 15) is 10.1 Å². The minimum atomic E-state index is -0.423. The molecule has 0 radical (unpaired) electrons. The van der Waals surface area contributed by atoms with E-state index in [1.54, 1.807) is 24.5 Å². The number of hydrogen-bond acceptors (Lipinski definition) is 5. The third-order valence-corrected chi connectivity index (χ3v) is 3.93. The molecular formula is C16H11N3O2S. The maximum Gasteiger partial charge on any atom is 0.269 e. The summed E-state index contributed by atoms with van der Waals surface area (Å²) in [6.07, 6.45) is 3.44. The molecule has 3 aromatic rings. The maximum absolute atomic E-state index is 10.6. The maximum atomic E-state index is 10.6. The quantitative estimate of drug-likeness (QED) is 0.405. The number of nitro groups is 1. The number of rotatable bonds is 4. The van der Waals surface area contributed by atoms with Crippen LogP contribution in [0.15, 0.2) is 65.8 Å². The van der Waals surface area contributed by atoms with Crippen LogP contribution in [-0.4, -0.2) is 16.1 Å². The summed E-state index contributed by atoms with van der Waals surface area (Å²) in [5.41, 5.74) is 1.97. The van der Waals surface area contributed by atoms with Crippen molar-refractivity contribution in [2.45, 2.75) is 0 Å². The molecule has 1 heterocycles. The summed E-state index contributed by atoms with van der Waals surface area (Å²) < 4.78 is 0. The highest BCUT2D eigenvalue weighted by Gasteiger charge is 2.04. The molecule has 2 aromatic carbocycles. The summed E-state index contributed by atoms with van der Waals surface area (Å²) in [4.78, 5) is 19.8. The van der Waals surface area contributed by atoms with Crippen molar-refractivity contribution < 1.29 is 4.92 Å². The Morgan fingerprint density at radius 3 is 2.50 bits per heavy atom. The summed E-state index contributed by atoms with van der Waals surface area (Å²) in [7, 11) is 0. The average Bonchev–Trinajstić information content (AvgIpc) is 3.03. The Morgan fingerprint density at radius 1 is 1.09 bits per heavy atom. The van der Waals surface area contributed by atoms with Crippen molar-refractivity contribution in [3.05, 3.63) is 76.5 Å². The van der Waals surface area contributed by atoms with Crippen LogP contribution < -0.4 is 0 Å². The van der Waals surface area contributed by atoms with E-state index in [0.717, 1.165) is 16.0 Å². The predicted octanol–water partition coefficient (Wildman–Crippen LogP) is 4.47. The molecule has 3 rings (SSSR count). The molecule has 22 heavy (non-hydrogen) atoms. The van der Waals surface area contributed by atoms with Crippen LogP contribution in [0, 0.1) is 10.1 Å². The second-order valence-corrected chi connectivity index (χ2v) is 5.49. The minimum Gasteiger partial charge on any atom is -0.258 e. The van der Waals surface area contributed by atoms with Gasteiger partial charge >= 0.3 is 0 Å². The Bertz CT molecular complexity index is 811.